The lowest BCUT2D eigenvalue weighted by atomic mass is 10.0. The largest absolute Gasteiger partial charge is 0.315 e. The van der Waals surface area contributed by atoms with Gasteiger partial charge in [-0.25, -0.2) is 0 Å². The van der Waals surface area contributed by atoms with Crippen LogP contribution in [0.4, 0.5) is 0 Å². The third kappa shape index (κ3) is 1.66. The normalized spacial score (nSPS) is 17.0. The van der Waals surface area contributed by atoms with Crippen LogP contribution in [0.2, 0.25) is 0 Å². The Balaban J connectivity index is 2.12. The molecule has 1 saturated heterocycles. The van der Waals surface area contributed by atoms with Crippen molar-refractivity contribution in [3.8, 4) is 0 Å². The van der Waals surface area contributed by atoms with Crippen molar-refractivity contribution in [2.45, 2.75) is 39.2 Å². The molecule has 0 amide bonds. The highest BCUT2D eigenvalue weighted by molar-refractivity contribution is 5.06. The van der Waals surface area contributed by atoms with Gasteiger partial charge in [0.15, 0.2) is 0 Å². The van der Waals surface area contributed by atoms with Gasteiger partial charge in [-0.1, -0.05) is 13.3 Å². The number of hydrogen-bond donors (Lipinski definition) is 1. The summed E-state index contributed by atoms with van der Waals surface area (Å²) < 4.78 is 2.27. The Morgan fingerprint density at radius 3 is 2.79 bits per heavy atom. The van der Waals surface area contributed by atoms with Gasteiger partial charge in [0, 0.05) is 25.6 Å². The first-order chi connectivity index (χ1) is 6.83. The number of nitrogens with one attached hydrogen (secondary N) is 1. The molecular formula is C10H18N4. The Hall–Kier alpha value is -0.900. The minimum Gasteiger partial charge on any atom is -0.315 e. The Morgan fingerprint density at radius 1 is 1.43 bits per heavy atom. The first-order valence-corrected chi connectivity index (χ1v) is 5.43. The van der Waals surface area contributed by atoms with Gasteiger partial charge in [0.25, 0.3) is 0 Å². The summed E-state index contributed by atoms with van der Waals surface area (Å²) in [4.78, 5) is 0. The van der Waals surface area contributed by atoms with Gasteiger partial charge in [-0.3, -0.25) is 0 Å². The maximum atomic E-state index is 4.26. The zero-order valence-corrected chi connectivity index (χ0v) is 8.95. The fourth-order valence-corrected chi connectivity index (χ4v) is 1.76. The van der Waals surface area contributed by atoms with Gasteiger partial charge >= 0.3 is 0 Å². The van der Waals surface area contributed by atoms with Crippen LogP contribution in [0, 0.1) is 6.92 Å². The van der Waals surface area contributed by atoms with Crippen molar-refractivity contribution in [3.05, 3.63) is 11.6 Å². The van der Waals surface area contributed by atoms with Crippen molar-refractivity contribution in [3.63, 3.8) is 0 Å². The van der Waals surface area contributed by atoms with Gasteiger partial charge in [0.1, 0.15) is 11.6 Å². The maximum absolute atomic E-state index is 4.26. The van der Waals surface area contributed by atoms with Gasteiger partial charge in [0.2, 0.25) is 0 Å². The summed E-state index contributed by atoms with van der Waals surface area (Å²) in [5, 5.41) is 11.7. The van der Waals surface area contributed by atoms with Crippen molar-refractivity contribution >= 4 is 0 Å². The van der Waals surface area contributed by atoms with E-state index in [1.807, 2.05) is 6.92 Å². The SMILES string of the molecule is CCCCn1c(C)nnc1C1CNC1. The highest BCUT2D eigenvalue weighted by Gasteiger charge is 2.24. The van der Waals surface area contributed by atoms with E-state index in [9.17, 15) is 0 Å². The molecule has 0 unspecified atom stereocenters. The predicted octanol–water partition coefficient (Wildman–Crippen LogP) is 1.07. The fourth-order valence-electron chi connectivity index (χ4n) is 1.76. The molecule has 0 aromatic carbocycles. The van der Waals surface area contributed by atoms with E-state index >= 15 is 0 Å². The highest BCUT2D eigenvalue weighted by Crippen LogP contribution is 2.18. The number of nitrogens with zero attached hydrogens (tertiary/aromatic N) is 3. The molecule has 1 fully saturated rings. The number of rotatable bonds is 4. The van der Waals surface area contributed by atoms with E-state index < -0.39 is 0 Å². The molecule has 1 aromatic heterocycles. The molecule has 0 radical (unpaired) electrons. The second-order valence-electron chi connectivity index (χ2n) is 3.97. The van der Waals surface area contributed by atoms with Gasteiger partial charge < -0.3 is 9.88 Å². The third-order valence-corrected chi connectivity index (χ3v) is 2.85. The smallest absolute Gasteiger partial charge is 0.138 e. The van der Waals surface area contributed by atoms with E-state index in [1.165, 1.54) is 18.7 Å². The average molecular weight is 194 g/mol. The Kier molecular flexibility index (Phi) is 2.82. The van der Waals surface area contributed by atoms with E-state index in [-0.39, 0.29) is 0 Å². The summed E-state index contributed by atoms with van der Waals surface area (Å²) in [5.41, 5.74) is 0. The first kappa shape index (κ1) is 9.65. The standard InChI is InChI=1S/C10H18N4/c1-3-4-5-14-8(2)12-13-10(14)9-6-11-7-9/h9,11H,3-7H2,1-2H3. The maximum Gasteiger partial charge on any atom is 0.138 e. The molecule has 14 heavy (non-hydrogen) atoms. The molecule has 1 aliphatic heterocycles. The van der Waals surface area contributed by atoms with Crippen LogP contribution < -0.4 is 5.32 Å². The second kappa shape index (κ2) is 4.09. The molecule has 2 heterocycles. The Bertz CT molecular complexity index is 301. The summed E-state index contributed by atoms with van der Waals surface area (Å²) >= 11 is 0. The Morgan fingerprint density at radius 2 is 2.21 bits per heavy atom. The number of hydrogen-bond acceptors (Lipinski definition) is 3. The van der Waals surface area contributed by atoms with Gasteiger partial charge in [-0.2, -0.15) is 0 Å². The average Bonchev–Trinajstić information content (AvgIpc) is 2.42. The summed E-state index contributed by atoms with van der Waals surface area (Å²) in [5.74, 6) is 2.82. The molecule has 0 spiro atoms. The molecule has 1 aliphatic rings. The van der Waals surface area contributed by atoms with Gasteiger partial charge in [-0.15, -0.1) is 10.2 Å². The molecule has 0 bridgehead atoms. The van der Waals surface area contributed by atoms with E-state index in [0.29, 0.717) is 5.92 Å². The van der Waals surface area contributed by atoms with Crippen LogP contribution in [0.1, 0.15) is 37.3 Å². The van der Waals surface area contributed by atoms with Crippen LogP contribution >= 0.6 is 0 Å². The molecule has 0 saturated carbocycles. The summed E-state index contributed by atoms with van der Waals surface area (Å²) in [6.07, 6.45) is 2.44. The van der Waals surface area contributed by atoms with Crippen LogP contribution in [0.3, 0.4) is 0 Å². The topological polar surface area (TPSA) is 42.7 Å². The zero-order chi connectivity index (χ0) is 9.97. The van der Waals surface area contributed by atoms with Crippen LogP contribution in [0.15, 0.2) is 0 Å². The molecule has 78 valence electrons. The van der Waals surface area contributed by atoms with Crippen molar-refractivity contribution in [2.24, 2.45) is 0 Å². The van der Waals surface area contributed by atoms with Crippen molar-refractivity contribution in [1.82, 2.24) is 20.1 Å². The fraction of sp³-hybridized carbons (Fsp3) is 0.800. The molecule has 4 heteroatoms. The van der Waals surface area contributed by atoms with Gasteiger partial charge in [0.05, 0.1) is 0 Å². The highest BCUT2D eigenvalue weighted by atomic mass is 15.3. The van der Waals surface area contributed by atoms with Crippen LogP contribution in [-0.4, -0.2) is 27.9 Å². The van der Waals surface area contributed by atoms with Crippen molar-refractivity contribution in [1.29, 1.82) is 0 Å². The predicted molar refractivity (Wildman–Crippen MR) is 55.3 cm³/mol. The lowest BCUT2D eigenvalue weighted by molar-refractivity contribution is 0.409. The minimum absolute atomic E-state index is 0.591. The van der Waals surface area contributed by atoms with E-state index in [0.717, 1.165) is 25.5 Å². The summed E-state index contributed by atoms with van der Waals surface area (Å²) in [6, 6.07) is 0. The number of unbranched alkanes of at least 4 members (excludes halogenated alkanes) is 1. The summed E-state index contributed by atoms with van der Waals surface area (Å²) in [6.45, 7) is 7.44. The van der Waals surface area contributed by atoms with E-state index in [1.54, 1.807) is 0 Å². The molecule has 0 atom stereocenters. The zero-order valence-electron chi connectivity index (χ0n) is 8.95. The van der Waals surface area contributed by atoms with Crippen LogP contribution in [0.25, 0.3) is 0 Å². The number of aromatic nitrogens is 3. The van der Waals surface area contributed by atoms with E-state index in [2.05, 4.69) is 27.0 Å². The molecule has 1 aromatic rings. The van der Waals surface area contributed by atoms with E-state index in [4.69, 9.17) is 0 Å². The van der Waals surface area contributed by atoms with Gasteiger partial charge in [-0.05, 0) is 13.3 Å². The lowest BCUT2D eigenvalue weighted by Crippen LogP contribution is -2.41. The van der Waals surface area contributed by atoms with Crippen molar-refractivity contribution < 1.29 is 0 Å². The lowest BCUT2D eigenvalue weighted by Gasteiger charge is -2.26. The molecule has 2 rings (SSSR count). The van der Waals surface area contributed by atoms with Crippen molar-refractivity contribution in [2.75, 3.05) is 13.1 Å². The molecule has 0 aliphatic carbocycles. The second-order valence-corrected chi connectivity index (χ2v) is 3.97. The van der Waals surface area contributed by atoms with Crippen LogP contribution in [0.5, 0.6) is 0 Å². The third-order valence-electron chi connectivity index (χ3n) is 2.85. The monoisotopic (exact) mass is 194 g/mol. The molecule has 1 N–H and O–H groups in total. The number of aryl methyl sites for hydroxylation is 1. The summed E-state index contributed by atoms with van der Waals surface area (Å²) in [7, 11) is 0. The molecule has 4 nitrogen and oxygen atoms in total. The quantitative estimate of drug-likeness (QED) is 0.779. The first-order valence-electron chi connectivity index (χ1n) is 5.43. The molecular weight excluding hydrogens is 176 g/mol. The Labute approximate surface area is 84.7 Å². The minimum atomic E-state index is 0.591. The van der Waals surface area contributed by atoms with Crippen LogP contribution in [-0.2, 0) is 6.54 Å².